The normalized spacial score (nSPS) is 17.3. The molecule has 1 aromatic heterocycles. The predicted molar refractivity (Wildman–Crippen MR) is 108 cm³/mol. The quantitative estimate of drug-likeness (QED) is 0.770. The molecule has 0 spiro atoms. The number of nitrogens with zero attached hydrogens (tertiary/aromatic N) is 3. The molecule has 7 heteroatoms. The van der Waals surface area contributed by atoms with Gasteiger partial charge in [0.05, 0.1) is 11.9 Å². The zero-order chi connectivity index (χ0) is 19.4. The van der Waals surface area contributed by atoms with Gasteiger partial charge in [0.2, 0.25) is 5.91 Å². The van der Waals surface area contributed by atoms with Crippen LogP contribution in [0.15, 0.2) is 29.4 Å². The van der Waals surface area contributed by atoms with Gasteiger partial charge < -0.3 is 14.6 Å². The Morgan fingerprint density at radius 3 is 2.67 bits per heavy atom. The number of aromatic nitrogens is 3. The van der Waals surface area contributed by atoms with Gasteiger partial charge in [0.1, 0.15) is 0 Å². The Bertz CT molecular complexity index is 774. The van der Waals surface area contributed by atoms with Gasteiger partial charge in [-0.15, -0.1) is 10.2 Å². The number of rotatable bonds is 6. The van der Waals surface area contributed by atoms with Gasteiger partial charge in [0, 0.05) is 25.8 Å². The zero-order valence-corrected chi connectivity index (χ0v) is 17.3. The number of thioether (sulfide) groups is 1. The molecular formula is C20H28N4O2S. The summed E-state index contributed by atoms with van der Waals surface area (Å²) in [5.74, 6) is 1.12. The van der Waals surface area contributed by atoms with Crippen LogP contribution in [0.5, 0.6) is 0 Å². The van der Waals surface area contributed by atoms with Crippen molar-refractivity contribution >= 4 is 17.7 Å². The van der Waals surface area contributed by atoms with E-state index in [0.717, 1.165) is 36.0 Å². The maximum atomic E-state index is 12.0. The molecule has 3 rings (SSSR count). The third-order valence-electron chi connectivity index (χ3n) is 4.73. The van der Waals surface area contributed by atoms with E-state index in [-0.39, 0.29) is 17.4 Å². The van der Waals surface area contributed by atoms with Crippen LogP contribution in [0, 0.1) is 0 Å². The van der Waals surface area contributed by atoms with E-state index >= 15 is 0 Å². The van der Waals surface area contributed by atoms with E-state index in [4.69, 9.17) is 4.74 Å². The van der Waals surface area contributed by atoms with Gasteiger partial charge >= 0.3 is 0 Å². The maximum Gasteiger partial charge on any atom is 0.230 e. The van der Waals surface area contributed by atoms with Crippen molar-refractivity contribution < 1.29 is 9.53 Å². The molecular weight excluding hydrogens is 360 g/mol. The Hall–Kier alpha value is -1.86. The van der Waals surface area contributed by atoms with E-state index in [1.165, 1.54) is 17.3 Å². The monoisotopic (exact) mass is 388 g/mol. The number of carbonyl (C=O) groups excluding carboxylic acids is 1. The Morgan fingerprint density at radius 1 is 1.30 bits per heavy atom. The van der Waals surface area contributed by atoms with Gasteiger partial charge in [-0.3, -0.25) is 4.79 Å². The molecule has 6 nitrogen and oxygen atoms in total. The smallest absolute Gasteiger partial charge is 0.230 e. The summed E-state index contributed by atoms with van der Waals surface area (Å²) in [6, 6.07) is 8.42. The number of hydrogen-bond donors (Lipinski definition) is 1. The number of nitrogens with one attached hydrogen (secondary N) is 1. The van der Waals surface area contributed by atoms with Crippen molar-refractivity contribution in [2.45, 2.75) is 50.3 Å². The number of amides is 1. The van der Waals surface area contributed by atoms with Crippen LogP contribution in [-0.2, 0) is 22.0 Å². The second-order valence-electron chi connectivity index (χ2n) is 7.92. The highest BCUT2D eigenvalue weighted by molar-refractivity contribution is 7.99. The molecule has 1 fully saturated rings. The molecule has 0 unspecified atom stereocenters. The highest BCUT2D eigenvalue weighted by atomic mass is 32.2. The van der Waals surface area contributed by atoms with Gasteiger partial charge in [-0.25, -0.2) is 0 Å². The first-order valence-electron chi connectivity index (χ1n) is 9.36. The van der Waals surface area contributed by atoms with Crippen molar-refractivity contribution in [2.75, 3.05) is 18.9 Å². The highest BCUT2D eigenvalue weighted by Crippen LogP contribution is 2.27. The van der Waals surface area contributed by atoms with E-state index in [1.807, 2.05) is 11.6 Å². The maximum absolute atomic E-state index is 12.0. The lowest BCUT2D eigenvalue weighted by Gasteiger charge is -2.19. The largest absolute Gasteiger partial charge is 0.376 e. The standard InChI is InChI=1S/C20H28N4O2S/c1-20(2,3)15-9-7-14(8-10-15)18-22-23-19(24(18)4)27-13-17(25)21-12-16-6-5-11-26-16/h7-10,16H,5-6,11-13H2,1-4H3,(H,21,25)/t16-/m0/s1. The van der Waals surface area contributed by atoms with E-state index < -0.39 is 0 Å². The molecule has 2 heterocycles. The summed E-state index contributed by atoms with van der Waals surface area (Å²) in [5, 5.41) is 12.2. The summed E-state index contributed by atoms with van der Waals surface area (Å²) in [7, 11) is 1.93. The first kappa shape index (κ1) is 19.9. The lowest BCUT2D eigenvalue weighted by Crippen LogP contribution is -2.32. The minimum atomic E-state index is -0.00502. The van der Waals surface area contributed by atoms with E-state index in [9.17, 15) is 4.79 Å². The van der Waals surface area contributed by atoms with Crippen LogP contribution in [0.2, 0.25) is 0 Å². The number of ether oxygens (including phenoxy) is 1. The fourth-order valence-corrected chi connectivity index (χ4v) is 3.77. The van der Waals surface area contributed by atoms with Gasteiger partial charge in [0.25, 0.3) is 0 Å². The number of hydrogen-bond acceptors (Lipinski definition) is 5. The second kappa shape index (κ2) is 8.44. The minimum absolute atomic E-state index is 0.00502. The van der Waals surface area contributed by atoms with Crippen LogP contribution >= 0.6 is 11.8 Å². The predicted octanol–water partition coefficient (Wildman–Crippen LogP) is 3.17. The second-order valence-corrected chi connectivity index (χ2v) is 8.86. The topological polar surface area (TPSA) is 69.0 Å². The molecule has 0 aliphatic carbocycles. The van der Waals surface area contributed by atoms with Crippen LogP contribution in [0.4, 0.5) is 0 Å². The summed E-state index contributed by atoms with van der Waals surface area (Å²) < 4.78 is 7.45. The van der Waals surface area contributed by atoms with Crippen molar-refractivity contribution in [3.63, 3.8) is 0 Å². The molecule has 0 radical (unpaired) electrons. The average Bonchev–Trinajstić information content (AvgIpc) is 3.27. The molecule has 2 aromatic rings. The summed E-state index contributed by atoms with van der Waals surface area (Å²) in [6.07, 6.45) is 2.26. The molecule has 1 atom stereocenters. The van der Waals surface area contributed by atoms with Gasteiger partial charge in [-0.05, 0) is 23.8 Å². The van der Waals surface area contributed by atoms with Crippen LogP contribution in [0.1, 0.15) is 39.2 Å². The highest BCUT2D eigenvalue weighted by Gasteiger charge is 2.18. The lowest BCUT2D eigenvalue weighted by atomic mass is 9.87. The van der Waals surface area contributed by atoms with Crippen molar-refractivity contribution in [2.24, 2.45) is 7.05 Å². The van der Waals surface area contributed by atoms with E-state index in [1.54, 1.807) is 0 Å². The average molecular weight is 389 g/mol. The molecule has 1 saturated heterocycles. The Kier molecular flexibility index (Phi) is 6.22. The van der Waals surface area contributed by atoms with Gasteiger partial charge in [-0.1, -0.05) is 56.8 Å². The Labute approximate surface area is 165 Å². The van der Waals surface area contributed by atoms with Crippen molar-refractivity contribution in [1.29, 1.82) is 0 Å². The molecule has 0 saturated carbocycles. The molecule has 27 heavy (non-hydrogen) atoms. The molecule has 1 N–H and O–H groups in total. The van der Waals surface area contributed by atoms with Crippen LogP contribution in [0.25, 0.3) is 11.4 Å². The van der Waals surface area contributed by atoms with Crippen molar-refractivity contribution in [3.8, 4) is 11.4 Å². The van der Waals surface area contributed by atoms with E-state index in [0.29, 0.717) is 12.3 Å². The fraction of sp³-hybridized carbons (Fsp3) is 0.550. The van der Waals surface area contributed by atoms with E-state index in [2.05, 4.69) is 60.6 Å². The first-order chi connectivity index (χ1) is 12.8. The van der Waals surface area contributed by atoms with Crippen LogP contribution in [-0.4, -0.2) is 45.7 Å². The summed E-state index contributed by atoms with van der Waals surface area (Å²) in [5.41, 5.74) is 2.43. The number of benzene rings is 1. The van der Waals surface area contributed by atoms with Crippen LogP contribution in [0.3, 0.4) is 0 Å². The Balaban J connectivity index is 1.57. The Morgan fingerprint density at radius 2 is 2.04 bits per heavy atom. The van der Waals surface area contributed by atoms with Crippen molar-refractivity contribution in [3.05, 3.63) is 29.8 Å². The summed E-state index contributed by atoms with van der Waals surface area (Å²) >= 11 is 1.40. The van der Waals surface area contributed by atoms with Crippen LogP contribution < -0.4 is 5.32 Å². The molecule has 146 valence electrons. The third-order valence-corrected chi connectivity index (χ3v) is 5.75. The molecule has 1 amide bonds. The molecule has 1 aliphatic heterocycles. The molecule has 1 aromatic carbocycles. The molecule has 1 aliphatic rings. The zero-order valence-electron chi connectivity index (χ0n) is 16.5. The fourth-order valence-electron chi connectivity index (χ4n) is 3.03. The summed E-state index contributed by atoms with van der Waals surface area (Å²) in [4.78, 5) is 12.0. The minimum Gasteiger partial charge on any atom is -0.376 e. The third kappa shape index (κ3) is 5.11. The van der Waals surface area contributed by atoms with Gasteiger partial charge in [0.15, 0.2) is 11.0 Å². The summed E-state index contributed by atoms with van der Waals surface area (Å²) in [6.45, 7) is 7.98. The van der Waals surface area contributed by atoms with Gasteiger partial charge in [-0.2, -0.15) is 0 Å². The lowest BCUT2D eigenvalue weighted by molar-refractivity contribution is -0.119. The molecule has 0 bridgehead atoms. The van der Waals surface area contributed by atoms with Crippen molar-refractivity contribution in [1.82, 2.24) is 20.1 Å². The SMILES string of the molecule is Cn1c(SCC(=O)NC[C@@H]2CCCO2)nnc1-c1ccc(C(C)(C)C)cc1. The first-order valence-corrected chi connectivity index (χ1v) is 10.3. The number of carbonyl (C=O) groups is 1.